The van der Waals surface area contributed by atoms with Crippen LogP contribution in [-0.2, 0) is 20.7 Å². The van der Waals surface area contributed by atoms with Crippen LogP contribution in [-0.4, -0.2) is 36.6 Å². The van der Waals surface area contributed by atoms with E-state index in [0.29, 0.717) is 0 Å². The number of alkyl carbamates (subject to hydrolysis) is 1. The van der Waals surface area contributed by atoms with Crippen molar-refractivity contribution in [2.75, 3.05) is 6.61 Å². The van der Waals surface area contributed by atoms with Gasteiger partial charge in [0.05, 0.1) is 0 Å². The molecule has 3 aromatic carbocycles. The van der Waals surface area contributed by atoms with E-state index in [1.54, 1.807) is 0 Å². The molecule has 0 radical (unpaired) electrons. The minimum atomic E-state index is -0.909. The SMILES string of the molecule is C[C@H](NC(=O)OCC1c2ccccc2-c2ccccc21)C(=O)N[C@@H](Cc1ccccc1)C(N)=O. The summed E-state index contributed by atoms with van der Waals surface area (Å²) in [5.41, 5.74) is 10.8. The van der Waals surface area contributed by atoms with Gasteiger partial charge in [-0.1, -0.05) is 78.9 Å². The largest absolute Gasteiger partial charge is 0.449 e. The lowest BCUT2D eigenvalue weighted by atomic mass is 9.98. The second kappa shape index (κ2) is 10.2. The molecule has 1 aliphatic rings. The molecule has 0 saturated carbocycles. The maximum absolute atomic E-state index is 12.6. The molecule has 4 rings (SSSR count). The number of carbonyl (C=O) groups is 3. The first-order chi connectivity index (χ1) is 16.4. The van der Waals surface area contributed by atoms with Crippen LogP contribution < -0.4 is 16.4 Å². The molecule has 7 heteroatoms. The normalized spacial score (nSPS) is 13.8. The quantitative estimate of drug-likeness (QED) is 0.483. The van der Waals surface area contributed by atoms with E-state index in [-0.39, 0.29) is 18.9 Å². The highest BCUT2D eigenvalue weighted by Gasteiger charge is 2.29. The van der Waals surface area contributed by atoms with Gasteiger partial charge in [0.1, 0.15) is 18.7 Å². The molecule has 174 valence electrons. The van der Waals surface area contributed by atoms with Crippen molar-refractivity contribution in [2.24, 2.45) is 5.73 Å². The van der Waals surface area contributed by atoms with E-state index in [4.69, 9.17) is 10.5 Å². The number of benzene rings is 3. The fourth-order valence-electron chi connectivity index (χ4n) is 4.25. The van der Waals surface area contributed by atoms with Crippen molar-refractivity contribution in [1.29, 1.82) is 0 Å². The van der Waals surface area contributed by atoms with Gasteiger partial charge >= 0.3 is 6.09 Å². The standard InChI is InChI=1S/C27H27N3O4/c1-17(26(32)30-24(25(28)31)15-18-9-3-2-4-10-18)29-27(33)34-16-23-21-13-7-5-11-19(21)20-12-6-8-14-22(20)23/h2-14,17,23-24H,15-16H2,1H3,(H2,28,31)(H,29,33)(H,30,32)/t17-,24-/m0/s1. The van der Waals surface area contributed by atoms with E-state index in [0.717, 1.165) is 27.8 Å². The van der Waals surface area contributed by atoms with Gasteiger partial charge in [-0.05, 0) is 34.7 Å². The van der Waals surface area contributed by atoms with Crippen molar-refractivity contribution >= 4 is 17.9 Å². The van der Waals surface area contributed by atoms with E-state index in [1.165, 1.54) is 6.92 Å². The Morgan fingerprint density at radius 2 is 1.41 bits per heavy atom. The molecule has 0 spiro atoms. The van der Waals surface area contributed by atoms with Crippen molar-refractivity contribution in [2.45, 2.75) is 31.3 Å². The van der Waals surface area contributed by atoms with E-state index in [1.807, 2.05) is 66.7 Å². The summed E-state index contributed by atoms with van der Waals surface area (Å²) in [4.78, 5) is 36.9. The maximum atomic E-state index is 12.6. The van der Waals surface area contributed by atoms with Gasteiger partial charge in [0.15, 0.2) is 0 Å². The number of amides is 3. The Morgan fingerprint density at radius 1 is 0.853 bits per heavy atom. The van der Waals surface area contributed by atoms with Crippen molar-refractivity contribution < 1.29 is 19.1 Å². The first kappa shape index (κ1) is 23.0. The zero-order chi connectivity index (χ0) is 24.1. The number of rotatable bonds is 8. The highest BCUT2D eigenvalue weighted by atomic mass is 16.5. The molecule has 2 atom stereocenters. The monoisotopic (exact) mass is 457 g/mol. The molecule has 0 saturated heterocycles. The zero-order valence-electron chi connectivity index (χ0n) is 18.9. The van der Waals surface area contributed by atoms with Crippen LogP contribution in [0.15, 0.2) is 78.9 Å². The van der Waals surface area contributed by atoms with Gasteiger partial charge in [0.2, 0.25) is 11.8 Å². The topological polar surface area (TPSA) is 111 Å². The first-order valence-electron chi connectivity index (χ1n) is 11.2. The molecule has 0 unspecified atom stereocenters. The Balaban J connectivity index is 1.33. The minimum absolute atomic E-state index is 0.0765. The summed E-state index contributed by atoms with van der Waals surface area (Å²) >= 11 is 0. The summed E-state index contributed by atoms with van der Waals surface area (Å²) in [6.45, 7) is 1.67. The Bertz CT molecular complexity index is 1150. The molecule has 1 aliphatic carbocycles. The van der Waals surface area contributed by atoms with Crippen LogP contribution >= 0.6 is 0 Å². The minimum Gasteiger partial charge on any atom is -0.449 e. The van der Waals surface area contributed by atoms with Crippen molar-refractivity contribution in [1.82, 2.24) is 10.6 Å². The van der Waals surface area contributed by atoms with E-state index < -0.39 is 30.0 Å². The fourth-order valence-corrected chi connectivity index (χ4v) is 4.25. The van der Waals surface area contributed by atoms with Gasteiger partial charge in [-0.25, -0.2) is 4.79 Å². The van der Waals surface area contributed by atoms with Crippen LogP contribution in [0.4, 0.5) is 4.79 Å². The predicted octanol–water partition coefficient (Wildman–Crippen LogP) is 3.13. The third kappa shape index (κ3) is 5.09. The van der Waals surface area contributed by atoms with Crippen LogP contribution in [0.5, 0.6) is 0 Å². The predicted molar refractivity (Wildman–Crippen MR) is 129 cm³/mol. The highest BCUT2D eigenvalue weighted by molar-refractivity contribution is 5.90. The molecule has 4 N–H and O–H groups in total. The number of nitrogens with one attached hydrogen (secondary N) is 2. The number of hydrogen-bond donors (Lipinski definition) is 3. The summed E-state index contributed by atoms with van der Waals surface area (Å²) in [7, 11) is 0. The molecule has 0 fully saturated rings. The summed E-state index contributed by atoms with van der Waals surface area (Å²) < 4.78 is 5.49. The van der Waals surface area contributed by atoms with Gasteiger partial charge in [-0.3, -0.25) is 9.59 Å². The number of hydrogen-bond acceptors (Lipinski definition) is 4. The van der Waals surface area contributed by atoms with Crippen molar-refractivity contribution in [3.05, 3.63) is 95.6 Å². The van der Waals surface area contributed by atoms with Gasteiger partial charge in [-0.2, -0.15) is 0 Å². The molecule has 0 aliphatic heterocycles. The second-order valence-corrected chi connectivity index (χ2v) is 8.34. The second-order valence-electron chi connectivity index (χ2n) is 8.34. The maximum Gasteiger partial charge on any atom is 0.407 e. The van der Waals surface area contributed by atoms with Crippen LogP contribution in [0.2, 0.25) is 0 Å². The van der Waals surface area contributed by atoms with Crippen molar-refractivity contribution in [3.63, 3.8) is 0 Å². The summed E-state index contributed by atoms with van der Waals surface area (Å²) in [5, 5.41) is 5.14. The smallest absolute Gasteiger partial charge is 0.407 e. The molecular weight excluding hydrogens is 430 g/mol. The highest BCUT2D eigenvalue weighted by Crippen LogP contribution is 2.44. The molecule has 3 amide bonds. The molecular formula is C27H27N3O4. The average molecular weight is 458 g/mol. The summed E-state index contributed by atoms with van der Waals surface area (Å²) in [6.07, 6.45) is -0.442. The van der Waals surface area contributed by atoms with Gasteiger partial charge in [-0.15, -0.1) is 0 Å². The molecule has 7 nitrogen and oxygen atoms in total. The third-order valence-corrected chi connectivity index (χ3v) is 6.01. The van der Waals surface area contributed by atoms with E-state index >= 15 is 0 Å². The van der Waals surface area contributed by atoms with Crippen LogP contribution in [0, 0.1) is 0 Å². The van der Waals surface area contributed by atoms with Crippen LogP contribution in [0.1, 0.15) is 29.5 Å². The van der Waals surface area contributed by atoms with Crippen LogP contribution in [0.3, 0.4) is 0 Å². The lowest BCUT2D eigenvalue weighted by Crippen LogP contribution is -2.52. The van der Waals surface area contributed by atoms with Gasteiger partial charge in [0, 0.05) is 12.3 Å². The Morgan fingerprint density at radius 3 is 2.00 bits per heavy atom. The summed E-state index contributed by atoms with van der Waals surface area (Å²) in [5.74, 6) is -1.24. The number of nitrogens with two attached hydrogens (primary N) is 1. The number of primary amides is 1. The fraction of sp³-hybridized carbons (Fsp3) is 0.222. The lowest BCUT2D eigenvalue weighted by molar-refractivity contribution is -0.128. The third-order valence-electron chi connectivity index (χ3n) is 6.01. The van der Waals surface area contributed by atoms with Gasteiger partial charge in [0.25, 0.3) is 0 Å². The molecule has 0 bridgehead atoms. The Labute approximate surface area is 198 Å². The molecule has 34 heavy (non-hydrogen) atoms. The Kier molecular flexibility index (Phi) is 6.92. The molecule has 0 aromatic heterocycles. The molecule has 0 heterocycles. The Hall–Kier alpha value is -4.13. The van der Waals surface area contributed by atoms with Crippen LogP contribution in [0.25, 0.3) is 11.1 Å². The van der Waals surface area contributed by atoms with Crippen molar-refractivity contribution in [3.8, 4) is 11.1 Å². The lowest BCUT2D eigenvalue weighted by Gasteiger charge is -2.20. The van der Waals surface area contributed by atoms with E-state index in [9.17, 15) is 14.4 Å². The van der Waals surface area contributed by atoms with Gasteiger partial charge < -0.3 is 21.1 Å². The zero-order valence-corrected chi connectivity index (χ0v) is 18.9. The number of carbonyl (C=O) groups excluding carboxylic acids is 3. The van der Waals surface area contributed by atoms with E-state index in [2.05, 4.69) is 22.8 Å². The average Bonchev–Trinajstić information content (AvgIpc) is 3.16. The number of fused-ring (bicyclic) bond motifs is 3. The summed E-state index contributed by atoms with van der Waals surface area (Å²) in [6, 6.07) is 23.6. The first-order valence-corrected chi connectivity index (χ1v) is 11.2. The molecule has 3 aromatic rings. The number of ether oxygens (including phenoxy) is 1.